The van der Waals surface area contributed by atoms with Crippen LogP contribution in [0.1, 0.15) is 39.5 Å². The van der Waals surface area contributed by atoms with Gasteiger partial charge in [-0.05, 0) is 37.1 Å². The number of halogens is 1. The van der Waals surface area contributed by atoms with Crippen LogP contribution in [0.15, 0.2) is 29.4 Å². The van der Waals surface area contributed by atoms with Crippen LogP contribution in [0.2, 0.25) is 5.02 Å². The van der Waals surface area contributed by atoms with E-state index >= 15 is 0 Å². The molecule has 0 radical (unpaired) electrons. The maximum atomic E-state index is 11.7. The lowest BCUT2D eigenvalue weighted by Gasteiger charge is -2.06. The number of nitrogens with zero attached hydrogens (tertiary/aromatic N) is 1. The number of rotatable bonds is 6. The van der Waals surface area contributed by atoms with Crippen LogP contribution in [0.3, 0.4) is 0 Å². The van der Waals surface area contributed by atoms with Crippen LogP contribution in [-0.4, -0.2) is 17.5 Å². The summed E-state index contributed by atoms with van der Waals surface area (Å²) in [4.78, 5) is 23.4. The molecule has 0 heterocycles. The number of carbonyl (C=O) groups is 2. The van der Waals surface area contributed by atoms with Crippen LogP contribution < -0.4 is 10.7 Å². The molecule has 1 aromatic carbocycles. The monoisotopic (exact) mass is 309 g/mol. The quantitative estimate of drug-likeness (QED) is 0.480. The Morgan fingerprint density at radius 3 is 2.14 bits per heavy atom. The fraction of sp³-hybridized carbons (Fsp3) is 0.400. The summed E-state index contributed by atoms with van der Waals surface area (Å²) in [5, 5.41) is 7.05. The van der Waals surface area contributed by atoms with Crippen molar-refractivity contribution < 1.29 is 9.59 Å². The lowest BCUT2D eigenvalue weighted by atomic mass is 10.1. The molecule has 5 nitrogen and oxygen atoms in total. The Labute approximate surface area is 129 Å². The van der Waals surface area contributed by atoms with Crippen molar-refractivity contribution >= 4 is 34.8 Å². The predicted octanol–water partition coefficient (Wildman–Crippen LogP) is 3.35. The lowest BCUT2D eigenvalue weighted by molar-refractivity contribution is -0.136. The van der Waals surface area contributed by atoms with Gasteiger partial charge in [-0.1, -0.05) is 38.3 Å². The first kappa shape index (κ1) is 17.2. The van der Waals surface area contributed by atoms with Crippen LogP contribution in [0.25, 0.3) is 0 Å². The number of hydrazone groups is 1. The Morgan fingerprint density at radius 1 is 1.05 bits per heavy atom. The minimum Gasteiger partial charge on any atom is -0.318 e. The van der Waals surface area contributed by atoms with Gasteiger partial charge in [-0.15, -0.1) is 0 Å². The summed E-state index contributed by atoms with van der Waals surface area (Å²) in [6.45, 7) is 4.08. The summed E-state index contributed by atoms with van der Waals surface area (Å²) >= 11 is 5.74. The molecule has 2 amide bonds. The minimum atomic E-state index is -0.783. The summed E-state index contributed by atoms with van der Waals surface area (Å²) in [5.74, 6) is -1.54. The lowest BCUT2D eigenvalue weighted by Crippen LogP contribution is -2.33. The maximum Gasteiger partial charge on any atom is 0.329 e. The van der Waals surface area contributed by atoms with Crippen molar-refractivity contribution in [3.05, 3.63) is 29.3 Å². The molecule has 114 valence electrons. The molecule has 0 aliphatic rings. The first-order valence-electron chi connectivity index (χ1n) is 6.99. The van der Waals surface area contributed by atoms with E-state index in [9.17, 15) is 9.59 Å². The molecule has 6 heteroatoms. The number of anilines is 1. The minimum absolute atomic E-state index is 0.505. The molecule has 0 aliphatic heterocycles. The molecule has 0 aromatic heterocycles. The van der Waals surface area contributed by atoms with Crippen LogP contribution in [0.4, 0.5) is 5.69 Å². The number of amides is 2. The van der Waals surface area contributed by atoms with Crippen molar-refractivity contribution in [1.29, 1.82) is 0 Å². The molecule has 1 rings (SSSR count). The summed E-state index contributed by atoms with van der Waals surface area (Å²) in [7, 11) is 0. The van der Waals surface area contributed by atoms with E-state index in [4.69, 9.17) is 11.6 Å². The third kappa shape index (κ3) is 6.40. The van der Waals surface area contributed by atoms with Crippen molar-refractivity contribution in [2.75, 3.05) is 5.32 Å². The SMILES string of the molecule is CCCC(CCC)=NNC(=O)C(=O)Nc1ccc(Cl)cc1. The van der Waals surface area contributed by atoms with Gasteiger partial charge in [0.05, 0.1) is 0 Å². The molecule has 0 fully saturated rings. The van der Waals surface area contributed by atoms with Gasteiger partial charge in [-0.3, -0.25) is 9.59 Å². The maximum absolute atomic E-state index is 11.7. The second-order valence-corrected chi connectivity index (χ2v) is 5.02. The van der Waals surface area contributed by atoms with Crippen molar-refractivity contribution in [2.24, 2.45) is 5.10 Å². The van der Waals surface area contributed by atoms with Crippen molar-refractivity contribution in [1.82, 2.24) is 5.43 Å². The topological polar surface area (TPSA) is 70.6 Å². The van der Waals surface area contributed by atoms with Gasteiger partial charge in [-0.2, -0.15) is 5.10 Å². The zero-order chi connectivity index (χ0) is 15.7. The summed E-state index contributed by atoms with van der Waals surface area (Å²) in [5.41, 5.74) is 3.70. The molecule has 1 aromatic rings. The van der Waals surface area contributed by atoms with Gasteiger partial charge in [-0.25, -0.2) is 5.43 Å². The van der Waals surface area contributed by atoms with E-state index in [1.54, 1.807) is 24.3 Å². The number of hydrogen-bond donors (Lipinski definition) is 2. The van der Waals surface area contributed by atoms with Crippen LogP contribution in [-0.2, 0) is 9.59 Å². The van der Waals surface area contributed by atoms with E-state index in [2.05, 4.69) is 15.8 Å². The normalized spacial score (nSPS) is 9.86. The Kier molecular flexibility index (Phi) is 7.46. The number of carbonyl (C=O) groups excluding carboxylic acids is 2. The van der Waals surface area contributed by atoms with Gasteiger partial charge in [0.2, 0.25) is 0 Å². The van der Waals surface area contributed by atoms with Crippen LogP contribution in [0.5, 0.6) is 0 Å². The number of hydrogen-bond acceptors (Lipinski definition) is 3. The number of nitrogens with one attached hydrogen (secondary N) is 2. The average Bonchev–Trinajstić information content (AvgIpc) is 2.47. The van der Waals surface area contributed by atoms with E-state index in [0.717, 1.165) is 31.4 Å². The molecule has 0 bridgehead atoms. The highest BCUT2D eigenvalue weighted by Crippen LogP contribution is 2.13. The van der Waals surface area contributed by atoms with Crippen LogP contribution >= 0.6 is 11.6 Å². The van der Waals surface area contributed by atoms with E-state index in [1.807, 2.05) is 13.8 Å². The Morgan fingerprint density at radius 2 is 1.62 bits per heavy atom. The van der Waals surface area contributed by atoms with E-state index in [-0.39, 0.29) is 0 Å². The molecule has 2 N–H and O–H groups in total. The molecular formula is C15H20ClN3O2. The number of benzene rings is 1. The van der Waals surface area contributed by atoms with Gasteiger partial charge in [0.15, 0.2) is 0 Å². The van der Waals surface area contributed by atoms with Gasteiger partial charge in [0.25, 0.3) is 0 Å². The van der Waals surface area contributed by atoms with Gasteiger partial charge in [0.1, 0.15) is 0 Å². The highest BCUT2D eigenvalue weighted by molar-refractivity contribution is 6.39. The molecule has 0 spiro atoms. The zero-order valence-corrected chi connectivity index (χ0v) is 13.0. The molecule has 0 atom stereocenters. The molecule has 0 saturated heterocycles. The Balaban J connectivity index is 2.55. The smallest absolute Gasteiger partial charge is 0.318 e. The highest BCUT2D eigenvalue weighted by atomic mass is 35.5. The molecule has 0 saturated carbocycles. The molecule has 0 unspecified atom stereocenters. The summed E-state index contributed by atoms with van der Waals surface area (Å²) < 4.78 is 0. The first-order valence-corrected chi connectivity index (χ1v) is 7.37. The fourth-order valence-electron chi connectivity index (χ4n) is 1.72. The highest BCUT2D eigenvalue weighted by Gasteiger charge is 2.13. The van der Waals surface area contributed by atoms with E-state index in [0.29, 0.717) is 10.7 Å². The van der Waals surface area contributed by atoms with Crippen molar-refractivity contribution in [3.8, 4) is 0 Å². The van der Waals surface area contributed by atoms with Crippen molar-refractivity contribution in [3.63, 3.8) is 0 Å². The third-order valence-corrected chi connectivity index (χ3v) is 2.95. The second-order valence-electron chi connectivity index (χ2n) is 4.58. The summed E-state index contributed by atoms with van der Waals surface area (Å²) in [6.07, 6.45) is 3.52. The second kappa shape index (κ2) is 9.13. The molecule has 21 heavy (non-hydrogen) atoms. The third-order valence-electron chi connectivity index (χ3n) is 2.70. The zero-order valence-electron chi connectivity index (χ0n) is 12.3. The van der Waals surface area contributed by atoms with Crippen molar-refractivity contribution in [2.45, 2.75) is 39.5 Å². The van der Waals surface area contributed by atoms with Gasteiger partial charge < -0.3 is 5.32 Å². The largest absolute Gasteiger partial charge is 0.329 e. The Bertz CT molecular complexity index is 504. The molecular weight excluding hydrogens is 290 g/mol. The molecule has 0 aliphatic carbocycles. The van der Waals surface area contributed by atoms with E-state index in [1.165, 1.54) is 0 Å². The average molecular weight is 310 g/mol. The first-order chi connectivity index (χ1) is 10.1. The van der Waals surface area contributed by atoms with Gasteiger partial charge in [0, 0.05) is 16.4 Å². The fourth-order valence-corrected chi connectivity index (χ4v) is 1.84. The van der Waals surface area contributed by atoms with Gasteiger partial charge >= 0.3 is 11.8 Å². The van der Waals surface area contributed by atoms with Crippen LogP contribution in [0, 0.1) is 0 Å². The summed E-state index contributed by atoms with van der Waals surface area (Å²) in [6, 6.07) is 6.51. The predicted molar refractivity (Wildman–Crippen MR) is 85.5 cm³/mol. The Hall–Kier alpha value is -1.88. The van der Waals surface area contributed by atoms with E-state index < -0.39 is 11.8 Å². The standard InChI is InChI=1S/C15H20ClN3O2/c1-3-5-13(6-4-2)18-19-15(21)14(20)17-12-9-7-11(16)8-10-12/h7-10H,3-6H2,1-2H3,(H,17,20)(H,19,21).